The molecule has 0 aliphatic carbocycles. The van der Waals surface area contributed by atoms with E-state index in [1.165, 1.54) is 12.1 Å². The molecule has 6 nitrogen and oxygen atoms in total. The summed E-state index contributed by atoms with van der Waals surface area (Å²) < 4.78 is 27.1. The SMILES string of the molecule is CC(NS(=O)(=O)c1ccc(NN)cc1)c1ccncc1. The van der Waals surface area contributed by atoms with Crippen LogP contribution in [0, 0.1) is 0 Å². The van der Waals surface area contributed by atoms with Gasteiger partial charge in [-0.15, -0.1) is 0 Å². The molecule has 0 spiro atoms. The van der Waals surface area contributed by atoms with Crippen molar-refractivity contribution in [2.45, 2.75) is 17.9 Å². The van der Waals surface area contributed by atoms with E-state index in [4.69, 9.17) is 5.84 Å². The first-order valence-electron chi connectivity index (χ1n) is 6.02. The number of sulfonamides is 1. The van der Waals surface area contributed by atoms with E-state index in [1.54, 1.807) is 43.6 Å². The maximum Gasteiger partial charge on any atom is 0.241 e. The largest absolute Gasteiger partial charge is 0.324 e. The van der Waals surface area contributed by atoms with E-state index < -0.39 is 10.0 Å². The van der Waals surface area contributed by atoms with Gasteiger partial charge in [-0.2, -0.15) is 0 Å². The maximum atomic E-state index is 12.2. The molecule has 0 saturated carbocycles. The zero-order valence-electron chi connectivity index (χ0n) is 10.9. The Morgan fingerprint density at radius 3 is 2.25 bits per heavy atom. The fourth-order valence-corrected chi connectivity index (χ4v) is 2.98. The van der Waals surface area contributed by atoms with Crippen LogP contribution in [0.4, 0.5) is 5.69 Å². The summed E-state index contributed by atoms with van der Waals surface area (Å²) in [6.07, 6.45) is 3.25. The van der Waals surface area contributed by atoms with Gasteiger partial charge in [-0.1, -0.05) is 0 Å². The number of benzene rings is 1. The van der Waals surface area contributed by atoms with Crippen molar-refractivity contribution in [2.24, 2.45) is 5.84 Å². The van der Waals surface area contributed by atoms with Gasteiger partial charge in [0, 0.05) is 24.1 Å². The molecule has 0 bridgehead atoms. The van der Waals surface area contributed by atoms with Gasteiger partial charge >= 0.3 is 0 Å². The number of nitrogen functional groups attached to an aromatic ring is 1. The predicted molar refractivity (Wildman–Crippen MR) is 77.2 cm³/mol. The fourth-order valence-electron chi connectivity index (χ4n) is 1.75. The highest BCUT2D eigenvalue weighted by molar-refractivity contribution is 7.89. The minimum atomic E-state index is -3.57. The van der Waals surface area contributed by atoms with Crippen LogP contribution in [-0.2, 0) is 10.0 Å². The Balaban J connectivity index is 2.18. The van der Waals surface area contributed by atoms with Gasteiger partial charge in [-0.25, -0.2) is 13.1 Å². The van der Waals surface area contributed by atoms with E-state index in [2.05, 4.69) is 15.1 Å². The maximum absolute atomic E-state index is 12.2. The molecule has 1 aromatic carbocycles. The number of anilines is 1. The summed E-state index contributed by atoms with van der Waals surface area (Å²) in [5, 5.41) is 0. The molecular formula is C13H16N4O2S. The minimum absolute atomic E-state index is 0.192. The van der Waals surface area contributed by atoms with Crippen molar-refractivity contribution in [3.05, 3.63) is 54.4 Å². The van der Waals surface area contributed by atoms with Crippen molar-refractivity contribution in [1.29, 1.82) is 0 Å². The Morgan fingerprint density at radius 2 is 1.70 bits per heavy atom. The van der Waals surface area contributed by atoms with Crippen LogP contribution in [0.15, 0.2) is 53.7 Å². The molecule has 2 aromatic rings. The molecule has 20 heavy (non-hydrogen) atoms. The topological polar surface area (TPSA) is 97.1 Å². The van der Waals surface area contributed by atoms with Gasteiger partial charge in [0.25, 0.3) is 0 Å². The number of hydrogen-bond donors (Lipinski definition) is 3. The molecule has 106 valence electrons. The number of hydrazine groups is 1. The van der Waals surface area contributed by atoms with Gasteiger partial charge in [0.2, 0.25) is 10.0 Å². The van der Waals surface area contributed by atoms with E-state index in [1.807, 2.05) is 0 Å². The molecule has 0 amide bonds. The lowest BCUT2D eigenvalue weighted by Crippen LogP contribution is -2.26. The Bertz CT molecular complexity index is 657. The molecule has 7 heteroatoms. The lowest BCUT2D eigenvalue weighted by atomic mass is 10.1. The van der Waals surface area contributed by atoms with Crippen molar-refractivity contribution in [3.8, 4) is 0 Å². The Morgan fingerprint density at radius 1 is 1.10 bits per heavy atom. The zero-order chi connectivity index (χ0) is 14.6. The normalized spacial score (nSPS) is 12.9. The van der Waals surface area contributed by atoms with Crippen molar-refractivity contribution in [3.63, 3.8) is 0 Å². The first-order chi connectivity index (χ1) is 9.53. The smallest absolute Gasteiger partial charge is 0.241 e. The Kier molecular flexibility index (Phi) is 4.33. The minimum Gasteiger partial charge on any atom is -0.324 e. The number of rotatable bonds is 5. The predicted octanol–water partition coefficient (Wildman–Crippen LogP) is 1.41. The summed E-state index contributed by atoms with van der Waals surface area (Å²) in [5.74, 6) is 5.24. The molecule has 1 atom stereocenters. The third-order valence-electron chi connectivity index (χ3n) is 2.87. The van der Waals surface area contributed by atoms with Crippen LogP contribution in [0.5, 0.6) is 0 Å². The van der Waals surface area contributed by atoms with Crippen molar-refractivity contribution in [2.75, 3.05) is 5.43 Å². The number of nitrogens with zero attached hydrogens (tertiary/aromatic N) is 1. The molecule has 1 heterocycles. The van der Waals surface area contributed by atoms with Crippen LogP contribution in [-0.4, -0.2) is 13.4 Å². The summed E-state index contributed by atoms with van der Waals surface area (Å²) >= 11 is 0. The van der Waals surface area contributed by atoms with Crippen LogP contribution in [0.3, 0.4) is 0 Å². The van der Waals surface area contributed by atoms with Gasteiger partial charge in [0.1, 0.15) is 0 Å². The van der Waals surface area contributed by atoms with Crippen LogP contribution in [0.2, 0.25) is 0 Å². The van der Waals surface area contributed by atoms with Gasteiger partial charge in [-0.05, 0) is 48.9 Å². The third kappa shape index (κ3) is 3.32. The molecule has 2 rings (SSSR count). The van der Waals surface area contributed by atoms with Gasteiger partial charge in [0.15, 0.2) is 0 Å². The fraction of sp³-hybridized carbons (Fsp3) is 0.154. The summed E-state index contributed by atoms with van der Waals surface area (Å²) in [4.78, 5) is 4.10. The second-order valence-electron chi connectivity index (χ2n) is 4.29. The molecular weight excluding hydrogens is 276 g/mol. The average molecular weight is 292 g/mol. The molecule has 0 aliphatic heterocycles. The second-order valence-corrected chi connectivity index (χ2v) is 6.01. The molecule has 1 aromatic heterocycles. The van der Waals surface area contributed by atoms with Gasteiger partial charge < -0.3 is 5.43 Å². The monoisotopic (exact) mass is 292 g/mol. The number of nitrogens with one attached hydrogen (secondary N) is 2. The average Bonchev–Trinajstić information content (AvgIpc) is 2.48. The Labute approximate surface area is 118 Å². The second kappa shape index (κ2) is 6.00. The number of hydrogen-bond acceptors (Lipinski definition) is 5. The van der Waals surface area contributed by atoms with Gasteiger partial charge in [-0.3, -0.25) is 10.8 Å². The highest BCUT2D eigenvalue weighted by Gasteiger charge is 2.18. The van der Waals surface area contributed by atoms with E-state index in [0.29, 0.717) is 5.69 Å². The van der Waals surface area contributed by atoms with Gasteiger partial charge in [0.05, 0.1) is 4.90 Å². The molecule has 0 saturated heterocycles. The zero-order valence-corrected chi connectivity index (χ0v) is 11.8. The molecule has 0 radical (unpaired) electrons. The third-order valence-corrected chi connectivity index (χ3v) is 4.43. The first-order valence-corrected chi connectivity index (χ1v) is 7.50. The molecule has 4 N–H and O–H groups in total. The van der Waals surface area contributed by atoms with E-state index in [0.717, 1.165) is 5.56 Å². The van der Waals surface area contributed by atoms with Crippen LogP contribution >= 0.6 is 0 Å². The van der Waals surface area contributed by atoms with Crippen molar-refractivity contribution < 1.29 is 8.42 Å². The number of pyridine rings is 1. The van der Waals surface area contributed by atoms with E-state index in [-0.39, 0.29) is 10.9 Å². The molecule has 1 unspecified atom stereocenters. The standard InChI is InChI=1S/C13H16N4O2S/c1-10(11-6-8-15-9-7-11)17-20(18,19)13-4-2-12(16-14)3-5-13/h2-10,16-17H,14H2,1H3. The number of nitrogens with two attached hydrogens (primary N) is 1. The molecule has 0 fully saturated rings. The highest BCUT2D eigenvalue weighted by atomic mass is 32.2. The van der Waals surface area contributed by atoms with Crippen LogP contribution < -0.4 is 16.0 Å². The summed E-state index contributed by atoms with van der Waals surface area (Å²) in [5.41, 5.74) is 3.95. The van der Waals surface area contributed by atoms with Crippen molar-refractivity contribution in [1.82, 2.24) is 9.71 Å². The van der Waals surface area contributed by atoms with E-state index >= 15 is 0 Å². The summed E-state index contributed by atoms with van der Waals surface area (Å²) in [7, 11) is -3.57. The lowest BCUT2D eigenvalue weighted by molar-refractivity contribution is 0.567. The molecule has 0 aliphatic rings. The first kappa shape index (κ1) is 14.4. The summed E-state index contributed by atoms with van der Waals surface area (Å²) in [6.45, 7) is 1.78. The Hall–Kier alpha value is -1.96. The summed E-state index contributed by atoms with van der Waals surface area (Å²) in [6, 6.07) is 9.41. The number of aromatic nitrogens is 1. The van der Waals surface area contributed by atoms with E-state index in [9.17, 15) is 8.42 Å². The van der Waals surface area contributed by atoms with Crippen LogP contribution in [0.25, 0.3) is 0 Å². The van der Waals surface area contributed by atoms with Crippen LogP contribution in [0.1, 0.15) is 18.5 Å². The lowest BCUT2D eigenvalue weighted by Gasteiger charge is -2.14. The van der Waals surface area contributed by atoms with Crippen molar-refractivity contribution >= 4 is 15.7 Å². The highest BCUT2D eigenvalue weighted by Crippen LogP contribution is 2.17. The quantitative estimate of drug-likeness (QED) is 0.572.